The molecule has 83 heavy (non-hydrogen) atoms. The molecule has 0 amide bonds. The van der Waals surface area contributed by atoms with Crippen LogP contribution in [0.4, 0.5) is 0 Å². The zero-order valence-corrected chi connectivity index (χ0v) is 47.3. The molecule has 0 unspecified atom stereocenters. The molecule has 0 fully saturated rings. The Balaban J connectivity index is 0.774. The van der Waals surface area contributed by atoms with Crippen LogP contribution in [0.1, 0.15) is 60.1 Å². The predicted octanol–water partition coefficient (Wildman–Crippen LogP) is 22.0. The Kier molecular flexibility index (Phi) is 12.5. The summed E-state index contributed by atoms with van der Waals surface area (Å²) in [5.41, 5.74) is 33.5. The van der Waals surface area contributed by atoms with Crippen molar-refractivity contribution < 1.29 is 0 Å². The van der Waals surface area contributed by atoms with Gasteiger partial charge >= 0.3 is 0 Å². The van der Waals surface area contributed by atoms with E-state index in [1.54, 1.807) is 0 Å². The van der Waals surface area contributed by atoms with Crippen molar-refractivity contribution >= 4 is 10.9 Å². The zero-order valence-electron chi connectivity index (χ0n) is 47.3. The van der Waals surface area contributed by atoms with Crippen molar-refractivity contribution in [1.29, 1.82) is 0 Å². The van der Waals surface area contributed by atoms with E-state index in [-0.39, 0.29) is 0 Å². The second-order valence-electron chi connectivity index (χ2n) is 23.0. The molecule has 1 heteroatoms. The minimum Gasteiger partial charge on any atom is -0.347 e. The summed E-state index contributed by atoms with van der Waals surface area (Å²) in [6, 6.07) is 103. The number of benzene rings is 12. The average molecular weight is 1060 g/mol. The quantitative estimate of drug-likeness (QED) is 0.115. The Labute approximate surface area is 488 Å². The van der Waals surface area contributed by atoms with E-state index >= 15 is 0 Å². The Morgan fingerprint density at radius 2 is 0.663 bits per heavy atom. The average Bonchev–Trinajstić information content (AvgIpc) is 1.84. The summed E-state index contributed by atoms with van der Waals surface area (Å²) in [6.45, 7) is 7.78. The van der Waals surface area contributed by atoms with Gasteiger partial charge < -0.3 is 4.57 Å². The Hall–Kier alpha value is -9.82. The lowest BCUT2D eigenvalue weighted by Gasteiger charge is -2.30. The third-order valence-corrected chi connectivity index (χ3v) is 18.1. The van der Waals surface area contributed by atoms with Gasteiger partial charge in [0.15, 0.2) is 0 Å². The van der Waals surface area contributed by atoms with Crippen LogP contribution >= 0.6 is 0 Å². The summed E-state index contributed by atoms with van der Waals surface area (Å²) >= 11 is 0. The van der Waals surface area contributed by atoms with E-state index in [1.165, 1.54) is 168 Å². The van der Waals surface area contributed by atoms with E-state index in [9.17, 15) is 0 Å². The van der Waals surface area contributed by atoms with Gasteiger partial charge in [-0.3, -0.25) is 0 Å². The molecule has 1 spiro atoms. The Bertz CT molecular complexity index is 4560. The third kappa shape index (κ3) is 8.61. The first-order valence-electron chi connectivity index (χ1n) is 29.7. The molecule has 2 aliphatic rings. The van der Waals surface area contributed by atoms with E-state index in [1.807, 2.05) is 0 Å². The largest absolute Gasteiger partial charge is 0.347 e. The number of rotatable bonds is 12. The Morgan fingerprint density at radius 1 is 0.301 bits per heavy atom. The molecule has 396 valence electrons. The van der Waals surface area contributed by atoms with Crippen LogP contribution in [0.25, 0.3) is 122 Å². The summed E-state index contributed by atoms with van der Waals surface area (Å²) < 4.78 is 2.43. The highest BCUT2D eigenvalue weighted by atomic mass is 15.0. The molecule has 2 aliphatic carbocycles. The summed E-state index contributed by atoms with van der Waals surface area (Å²) in [5, 5.41) is 1.33. The lowest BCUT2D eigenvalue weighted by atomic mass is 9.70. The monoisotopic (exact) mass is 1060 g/mol. The molecule has 0 saturated heterocycles. The lowest BCUT2D eigenvalue weighted by Crippen LogP contribution is -2.25. The maximum atomic E-state index is 2.51. The number of unbranched alkanes of at least 4 members (excludes halogenated alkanes) is 1. The summed E-state index contributed by atoms with van der Waals surface area (Å²) in [7, 11) is 0. The topological polar surface area (TPSA) is 4.93 Å². The first-order valence-corrected chi connectivity index (χ1v) is 29.7. The molecule has 1 nitrogen and oxygen atoms in total. The zero-order chi connectivity index (χ0) is 55.6. The van der Waals surface area contributed by atoms with E-state index < -0.39 is 5.41 Å². The van der Waals surface area contributed by atoms with Gasteiger partial charge in [0.1, 0.15) is 0 Å². The van der Waals surface area contributed by atoms with Crippen molar-refractivity contribution in [2.24, 2.45) is 0 Å². The standard InChI is InChI=1S/C82H63N/c1-4-6-42-83-53-54(3)76-51-64(39-41-81(76)83)70-48-67(58-32-30-55(5-2)31-33-58)45-68(49-70)59-36-34-57(35-37-59)60-20-16-21-61(43-60)62-22-17-23-63(44-62)69-46-66(56-18-8-7-9-19-56)47-71(50-69)65-38-40-75-74-26-12-15-29-79(74)82(80(75)52-65)77-27-13-10-24-72(77)73-25-11-14-28-78(73)82/h7-41,43-53H,4-6,42H2,1-3H3. The molecule has 0 saturated carbocycles. The number of nitrogens with zero attached hydrogens (tertiary/aromatic N) is 1. The highest BCUT2D eigenvalue weighted by Gasteiger charge is 2.51. The highest BCUT2D eigenvalue weighted by molar-refractivity contribution is 5.97. The van der Waals surface area contributed by atoms with Gasteiger partial charge in [-0.05, 0) is 231 Å². The second-order valence-corrected chi connectivity index (χ2v) is 23.0. The van der Waals surface area contributed by atoms with Crippen molar-refractivity contribution in [3.63, 3.8) is 0 Å². The van der Waals surface area contributed by atoms with Crippen molar-refractivity contribution in [3.8, 4) is 111 Å². The first-order chi connectivity index (χ1) is 40.9. The molecule has 1 aromatic heterocycles. The van der Waals surface area contributed by atoms with Gasteiger partial charge in [-0.2, -0.15) is 0 Å². The van der Waals surface area contributed by atoms with E-state index in [0.29, 0.717) is 0 Å². The number of fused-ring (bicyclic) bond motifs is 11. The maximum absolute atomic E-state index is 2.51. The normalized spacial score (nSPS) is 12.6. The van der Waals surface area contributed by atoms with Gasteiger partial charge in [-0.15, -0.1) is 0 Å². The van der Waals surface area contributed by atoms with Crippen molar-refractivity contribution in [2.45, 2.75) is 52.0 Å². The summed E-state index contributed by atoms with van der Waals surface area (Å²) in [4.78, 5) is 0. The number of aromatic nitrogens is 1. The molecule has 13 aromatic rings. The van der Waals surface area contributed by atoms with Crippen LogP contribution in [0.15, 0.2) is 279 Å². The molecule has 1 heterocycles. The molecule has 12 aromatic carbocycles. The predicted molar refractivity (Wildman–Crippen MR) is 351 cm³/mol. The molecular formula is C82H63N. The summed E-state index contributed by atoms with van der Waals surface area (Å²) in [5.74, 6) is 0. The fourth-order valence-electron chi connectivity index (χ4n) is 13.9. The number of hydrogen-bond acceptors (Lipinski definition) is 0. The third-order valence-electron chi connectivity index (χ3n) is 18.1. The molecule has 0 radical (unpaired) electrons. The first kappa shape index (κ1) is 50.2. The van der Waals surface area contributed by atoms with E-state index in [2.05, 4.69) is 305 Å². The SMILES string of the molecule is CCCCn1cc(C)c2cc(-c3cc(-c4ccc(CC)cc4)cc(-c4ccc(-c5cccc(-c6cccc(-c7cc(-c8ccccc8)cc(-c8ccc9c(c8)C8(c%10ccccc%10-c%10ccccc%108)c8ccccc8-9)c7)c6)c5)cc4)c3)ccc21. The molecule has 15 rings (SSSR count). The van der Waals surface area contributed by atoms with Crippen LogP contribution < -0.4 is 0 Å². The number of aryl methyl sites for hydroxylation is 3. The van der Waals surface area contributed by atoms with Crippen molar-refractivity contribution in [1.82, 2.24) is 4.57 Å². The van der Waals surface area contributed by atoms with Gasteiger partial charge in [-0.25, -0.2) is 0 Å². The Morgan fingerprint density at radius 3 is 1.18 bits per heavy atom. The second kappa shape index (κ2) is 20.6. The fraction of sp³-hybridized carbons (Fsp3) is 0.0976. The van der Waals surface area contributed by atoms with E-state index in [0.717, 1.165) is 13.0 Å². The van der Waals surface area contributed by atoms with Crippen LogP contribution in [-0.4, -0.2) is 4.57 Å². The maximum Gasteiger partial charge on any atom is 0.0725 e. The number of hydrogen-bond donors (Lipinski definition) is 0. The van der Waals surface area contributed by atoms with Gasteiger partial charge in [0.2, 0.25) is 0 Å². The van der Waals surface area contributed by atoms with Crippen LogP contribution in [-0.2, 0) is 18.4 Å². The molecule has 0 bridgehead atoms. The van der Waals surface area contributed by atoms with Crippen molar-refractivity contribution in [2.75, 3.05) is 0 Å². The smallest absolute Gasteiger partial charge is 0.0725 e. The molecule has 0 N–H and O–H groups in total. The van der Waals surface area contributed by atoms with E-state index in [4.69, 9.17) is 0 Å². The molecular weight excluding hydrogens is 999 g/mol. The van der Waals surface area contributed by atoms with Gasteiger partial charge in [0.05, 0.1) is 5.41 Å². The van der Waals surface area contributed by atoms with Gasteiger partial charge in [0, 0.05) is 23.6 Å². The molecule has 0 aliphatic heterocycles. The van der Waals surface area contributed by atoms with Crippen LogP contribution in [0.3, 0.4) is 0 Å². The van der Waals surface area contributed by atoms with Gasteiger partial charge in [-0.1, -0.05) is 227 Å². The van der Waals surface area contributed by atoms with Crippen molar-refractivity contribution in [3.05, 3.63) is 313 Å². The van der Waals surface area contributed by atoms with Crippen LogP contribution in [0.5, 0.6) is 0 Å². The van der Waals surface area contributed by atoms with Gasteiger partial charge in [0.25, 0.3) is 0 Å². The minimum absolute atomic E-state index is 0.408. The minimum atomic E-state index is -0.408. The summed E-state index contributed by atoms with van der Waals surface area (Å²) in [6.07, 6.45) is 5.72. The highest BCUT2D eigenvalue weighted by Crippen LogP contribution is 2.63. The molecule has 0 atom stereocenters. The van der Waals surface area contributed by atoms with Crippen LogP contribution in [0, 0.1) is 6.92 Å². The fourth-order valence-corrected chi connectivity index (χ4v) is 13.9. The lowest BCUT2D eigenvalue weighted by molar-refractivity contribution is 0.649. The van der Waals surface area contributed by atoms with Crippen LogP contribution in [0.2, 0.25) is 0 Å².